The van der Waals surface area contributed by atoms with E-state index in [4.69, 9.17) is 10.2 Å². The van der Waals surface area contributed by atoms with Crippen LogP contribution in [0.15, 0.2) is 16.1 Å². The normalized spacial score (nSPS) is 20.1. The van der Waals surface area contributed by atoms with Gasteiger partial charge >= 0.3 is 5.97 Å². The molecule has 0 bridgehead atoms. The van der Waals surface area contributed by atoms with Gasteiger partial charge in [0.15, 0.2) is 0 Å². The molecule has 7 heteroatoms. The van der Waals surface area contributed by atoms with E-state index in [0.717, 1.165) is 0 Å². The van der Waals surface area contributed by atoms with Gasteiger partial charge in [-0.15, -0.1) is 0 Å². The predicted octanol–water partition coefficient (Wildman–Crippen LogP) is -1.27. The summed E-state index contributed by atoms with van der Waals surface area (Å²) >= 11 is 0. The number of aliphatic hydroxyl groups excluding tert-OH is 1. The molecule has 0 fully saturated rings. The maximum atomic E-state index is 10.9. The number of aliphatic imine (C=N–C) groups is 1. The highest BCUT2D eigenvalue weighted by Crippen LogP contribution is 2.13. The Morgan fingerprint density at radius 2 is 2.17 bits per heavy atom. The number of carboxylic acid groups (broad SMARTS) is 1. The van der Waals surface area contributed by atoms with Crippen LogP contribution in [0.25, 0.3) is 0 Å². The van der Waals surface area contributed by atoms with Crippen molar-refractivity contribution in [3.05, 3.63) is 11.1 Å². The first-order valence-corrected chi connectivity index (χ1v) is 4.40. The molecular formula is C5H5NO5S. The number of hydrogen-bond donors (Lipinski definition) is 2. The van der Waals surface area contributed by atoms with Gasteiger partial charge in [0.2, 0.25) is 14.9 Å². The van der Waals surface area contributed by atoms with Gasteiger partial charge in [0.1, 0.15) is 0 Å². The monoisotopic (exact) mass is 191 g/mol. The summed E-state index contributed by atoms with van der Waals surface area (Å²) in [5, 5.41) is 16.5. The summed E-state index contributed by atoms with van der Waals surface area (Å²) in [4.78, 5) is 13.5. The topological polar surface area (TPSA) is 104 Å². The van der Waals surface area contributed by atoms with Crippen LogP contribution in [-0.2, 0) is 14.6 Å². The second-order valence-corrected chi connectivity index (χ2v) is 3.75. The van der Waals surface area contributed by atoms with Gasteiger partial charge in [0.25, 0.3) is 0 Å². The maximum Gasteiger partial charge on any atom is 0.366 e. The van der Waals surface area contributed by atoms with Gasteiger partial charge in [-0.3, -0.25) is 0 Å². The van der Waals surface area contributed by atoms with Crippen molar-refractivity contribution in [2.24, 2.45) is 4.99 Å². The molecule has 0 amide bonds. The van der Waals surface area contributed by atoms with Crippen molar-refractivity contribution in [3.63, 3.8) is 0 Å². The van der Waals surface area contributed by atoms with Crippen LogP contribution < -0.4 is 0 Å². The van der Waals surface area contributed by atoms with Crippen molar-refractivity contribution < 1.29 is 23.4 Å². The Labute approximate surface area is 67.8 Å². The number of aliphatic carboxylic acids is 1. The Balaban J connectivity index is 3.19. The van der Waals surface area contributed by atoms with E-state index < -0.39 is 27.5 Å². The molecule has 0 saturated heterocycles. The molecule has 1 aliphatic rings. The highest BCUT2D eigenvalue weighted by molar-refractivity contribution is 8.11. The highest BCUT2D eigenvalue weighted by Gasteiger charge is 2.30. The lowest BCUT2D eigenvalue weighted by Gasteiger charge is -1.88. The van der Waals surface area contributed by atoms with Crippen molar-refractivity contribution >= 4 is 20.9 Å². The molecule has 0 atom stereocenters. The lowest BCUT2D eigenvalue weighted by Crippen LogP contribution is -2.19. The van der Waals surface area contributed by atoms with E-state index in [1.807, 2.05) is 0 Å². The van der Waals surface area contributed by atoms with Gasteiger partial charge in [0, 0.05) is 0 Å². The van der Waals surface area contributed by atoms with Crippen LogP contribution in [0, 0.1) is 0 Å². The molecule has 2 N–H and O–H groups in total. The first-order valence-electron chi connectivity index (χ1n) is 2.86. The smallest absolute Gasteiger partial charge is 0.366 e. The zero-order chi connectivity index (χ0) is 9.35. The van der Waals surface area contributed by atoms with Crippen molar-refractivity contribution in [1.82, 2.24) is 0 Å². The number of carboxylic acids is 1. The van der Waals surface area contributed by atoms with E-state index in [1.165, 1.54) is 0 Å². The quantitative estimate of drug-likeness (QED) is 0.566. The van der Waals surface area contributed by atoms with Crippen molar-refractivity contribution in [2.75, 3.05) is 6.61 Å². The van der Waals surface area contributed by atoms with Gasteiger partial charge in [-0.05, 0) is 0 Å². The number of nitrogens with zero attached hydrogens (tertiary/aromatic N) is 1. The molecule has 1 aliphatic heterocycles. The lowest BCUT2D eigenvalue weighted by atomic mass is 10.5. The summed E-state index contributed by atoms with van der Waals surface area (Å²) in [5.41, 5.74) is -0.160. The Hall–Kier alpha value is -1.21. The predicted molar refractivity (Wildman–Crippen MR) is 39.2 cm³/mol. The first-order chi connectivity index (χ1) is 5.47. The Kier molecular flexibility index (Phi) is 1.99. The number of rotatable bonds is 2. The Morgan fingerprint density at radius 1 is 1.58 bits per heavy atom. The first kappa shape index (κ1) is 8.88. The number of sulfone groups is 1. The van der Waals surface area contributed by atoms with Gasteiger partial charge in [-0.1, -0.05) is 0 Å². The molecule has 6 nitrogen and oxygen atoms in total. The maximum absolute atomic E-state index is 10.9. The third kappa shape index (κ3) is 1.36. The van der Waals surface area contributed by atoms with Crippen LogP contribution in [0.3, 0.4) is 0 Å². The van der Waals surface area contributed by atoms with Crippen molar-refractivity contribution in [2.45, 2.75) is 0 Å². The third-order valence-electron chi connectivity index (χ3n) is 1.15. The van der Waals surface area contributed by atoms with E-state index in [0.29, 0.717) is 5.41 Å². The molecule has 0 aromatic heterocycles. The largest absolute Gasteiger partial charge is 0.476 e. The molecule has 0 aromatic rings. The summed E-state index contributed by atoms with van der Waals surface area (Å²) in [5.74, 6) is -1.62. The molecule has 0 saturated carbocycles. The average Bonchev–Trinajstić information content (AvgIpc) is 2.25. The second-order valence-electron chi connectivity index (χ2n) is 2.03. The summed E-state index contributed by atoms with van der Waals surface area (Å²) < 4.78 is 21.7. The minimum atomic E-state index is -3.92. The van der Waals surface area contributed by atoms with E-state index in [2.05, 4.69) is 4.99 Å². The minimum absolute atomic E-state index is 0.160. The Bertz CT molecular complexity index is 377. The van der Waals surface area contributed by atoms with E-state index in [9.17, 15) is 13.2 Å². The fourth-order valence-electron chi connectivity index (χ4n) is 0.697. The number of carbonyl (C=O) groups is 1. The van der Waals surface area contributed by atoms with Gasteiger partial charge in [-0.2, -0.15) is 0 Å². The summed E-state index contributed by atoms with van der Waals surface area (Å²) in [6, 6.07) is 0. The van der Waals surface area contributed by atoms with Crippen molar-refractivity contribution in [1.29, 1.82) is 0 Å². The molecule has 0 aromatic carbocycles. The molecule has 66 valence electrons. The lowest BCUT2D eigenvalue weighted by molar-refractivity contribution is -0.129. The minimum Gasteiger partial charge on any atom is -0.476 e. The van der Waals surface area contributed by atoms with Gasteiger partial charge in [0.05, 0.1) is 17.7 Å². The summed E-state index contributed by atoms with van der Waals surface area (Å²) in [6.07, 6.45) is 0. The molecule has 0 unspecified atom stereocenters. The summed E-state index contributed by atoms with van der Waals surface area (Å²) in [6.45, 7) is -0.587. The molecule has 0 radical (unpaired) electrons. The molecule has 12 heavy (non-hydrogen) atoms. The zero-order valence-corrected chi connectivity index (χ0v) is 6.58. The molecular weight excluding hydrogens is 186 g/mol. The highest BCUT2D eigenvalue weighted by atomic mass is 32.2. The zero-order valence-electron chi connectivity index (χ0n) is 5.76. The van der Waals surface area contributed by atoms with Gasteiger partial charge < -0.3 is 10.2 Å². The van der Waals surface area contributed by atoms with Crippen LogP contribution in [0.4, 0.5) is 0 Å². The van der Waals surface area contributed by atoms with E-state index >= 15 is 0 Å². The third-order valence-corrected chi connectivity index (χ3v) is 2.54. The van der Waals surface area contributed by atoms with Crippen molar-refractivity contribution in [3.8, 4) is 0 Å². The van der Waals surface area contributed by atoms with Crippen LogP contribution in [-0.4, -0.2) is 36.3 Å². The van der Waals surface area contributed by atoms with Crippen LogP contribution in [0.2, 0.25) is 0 Å². The fourth-order valence-corrected chi connectivity index (χ4v) is 1.78. The number of hydrogen-bond acceptors (Lipinski definition) is 5. The molecule has 1 rings (SSSR count). The number of aliphatic hydroxyl groups is 1. The van der Waals surface area contributed by atoms with Crippen LogP contribution in [0.1, 0.15) is 0 Å². The van der Waals surface area contributed by atoms with E-state index in [1.54, 1.807) is 0 Å². The Morgan fingerprint density at radius 3 is 2.42 bits per heavy atom. The molecule has 1 heterocycles. The standard InChI is InChI=1S/C5H5NO5S/c7-1-3-2-12(10,11)4(6-3)5(8)9/h2,7H,1H2,(H,8,9). The van der Waals surface area contributed by atoms with Crippen LogP contribution in [0.5, 0.6) is 0 Å². The summed E-state index contributed by atoms with van der Waals surface area (Å²) in [7, 11) is -3.92. The fraction of sp³-hybridized carbons (Fsp3) is 0.200. The molecule has 0 spiro atoms. The second kappa shape index (κ2) is 2.68. The van der Waals surface area contributed by atoms with Crippen LogP contribution >= 0.6 is 0 Å². The molecule has 0 aliphatic carbocycles. The SMILES string of the molecule is O=C(O)C1=NC(CO)=CS1(=O)=O. The average molecular weight is 191 g/mol. The van der Waals surface area contributed by atoms with Gasteiger partial charge in [-0.25, -0.2) is 18.2 Å². The van der Waals surface area contributed by atoms with E-state index in [-0.39, 0.29) is 5.70 Å².